The number of likely N-dealkylation sites (tertiary alicyclic amines) is 1. The van der Waals surface area contributed by atoms with Gasteiger partial charge < -0.3 is 4.90 Å². The number of fused-ring (bicyclic) bond motifs is 1. The van der Waals surface area contributed by atoms with E-state index in [0.29, 0.717) is 5.92 Å². The fraction of sp³-hybridized carbons (Fsp3) is 0.800. The van der Waals surface area contributed by atoms with Crippen LogP contribution in [0, 0.1) is 5.92 Å². The molecule has 0 spiro atoms. The van der Waals surface area contributed by atoms with Crippen molar-refractivity contribution in [3.63, 3.8) is 0 Å². The third kappa shape index (κ3) is 3.04. The van der Waals surface area contributed by atoms with E-state index in [4.69, 9.17) is 0 Å². The van der Waals surface area contributed by atoms with Gasteiger partial charge in [0.2, 0.25) is 5.91 Å². The molecule has 2 aliphatic heterocycles. The average molecular weight is 292 g/mol. The van der Waals surface area contributed by atoms with Gasteiger partial charge in [-0.05, 0) is 31.6 Å². The first-order valence-electron chi connectivity index (χ1n) is 8.09. The van der Waals surface area contributed by atoms with Gasteiger partial charge in [0, 0.05) is 26.1 Å². The van der Waals surface area contributed by atoms with Crippen molar-refractivity contribution in [2.24, 2.45) is 5.92 Å². The molecular weight excluding hydrogens is 268 g/mol. The number of hydrogen-bond acceptors (Lipinski definition) is 3. The second kappa shape index (κ2) is 6.03. The zero-order valence-corrected chi connectivity index (χ0v) is 12.8. The van der Waals surface area contributed by atoms with Crippen LogP contribution >= 0.6 is 0 Å². The topological polar surface area (TPSA) is 60.1 Å². The summed E-state index contributed by atoms with van der Waals surface area (Å²) in [4.78, 5) is 26.6. The number of carbonyl (C=O) groups is 1. The Bertz CT molecular complexity index is 575. The minimum absolute atomic E-state index is 0.0249. The number of aryl methyl sites for hydroxylation is 1. The van der Waals surface area contributed by atoms with E-state index in [1.165, 1.54) is 11.1 Å². The molecule has 1 atom stereocenters. The van der Waals surface area contributed by atoms with E-state index in [9.17, 15) is 9.59 Å². The summed E-state index contributed by atoms with van der Waals surface area (Å²) in [5.41, 5.74) is -0.120. The molecule has 1 saturated heterocycles. The number of hydrogen-bond donors (Lipinski definition) is 0. The molecule has 1 amide bonds. The fourth-order valence-corrected chi connectivity index (χ4v) is 3.37. The summed E-state index contributed by atoms with van der Waals surface area (Å²) in [5, 5.41) is 4.38. The van der Waals surface area contributed by atoms with Gasteiger partial charge in [-0.15, -0.1) is 0 Å². The predicted molar refractivity (Wildman–Crippen MR) is 79.0 cm³/mol. The highest BCUT2D eigenvalue weighted by Crippen LogP contribution is 2.16. The van der Waals surface area contributed by atoms with Crippen LogP contribution in [0.3, 0.4) is 0 Å². The zero-order valence-electron chi connectivity index (χ0n) is 12.8. The van der Waals surface area contributed by atoms with Crippen molar-refractivity contribution >= 4 is 5.91 Å². The molecule has 116 valence electrons. The van der Waals surface area contributed by atoms with Crippen LogP contribution in [-0.4, -0.2) is 38.2 Å². The van der Waals surface area contributed by atoms with Gasteiger partial charge in [0.05, 0.1) is 0 Å². The van der Waals surface area contributed by atoms with Crippen LogP contribution in [0.15, 0.2) is 4.79 Å². The van der Waals surface area contributed by atoms with Crippen molar-refractivity contribution in [2.45, 2.75) is 58.5 Å². The first-order valence-corrected chi connectivity index (χ1v) is 8.09. The standard InChI is InChI=1S/C15H24N4O2/c1-12-6-5-8-17(10-12)14(20)11-19-15(21)18-9-4-2-3-7-13(18)16-19/h12H,2-11H2,1H3. The van der Waals surface area contributed by atoms with Gasteiger partial charge in [-0.1, -0.05) is 13.3 Å². The molecule has 0 saturated carbocycles. The third-order valence-corrected chi connectivity index (χ3v) is 4.58. The second-order valence-electron chi connectivity index (χ2n) is 6.41. The first kappa shape index (κ1) is 14.4. The van der Waals surface area contributed by atoms with Crippen LogP contribution in [0.1, 0.15) is 44.9 Å². The Labute approximate surface area is 124 Å². The van der Waals surface area contributed by atoms with Gasteiger partial charge in [0.1, 0.15) is 12.4 Å². The lowest BCUT2D eigenvalue weighted by Crippen LogP contribution is -2.42. The Hall–Kier alpha value is -1.59. The predicted octanol–water partition coefficient (Wildman–Crippen LogP) is 1.03. The van der Waals surface area contributed by atoms with E-state index < -0.39 is 0 Å². The van der Waals surface area contributed by atoms with Crippen molar-refractivity contribution in [3.05, 3.63) is 16.3 Å². The van der Waals surface area contributed by atoms with E-state index in [1.54, 1.807) is 4.57 Å². The van der Waals surface area contributed by atoms with Crippen LogP contribution in [0.5, 0.6) is 0 Å². The lowest BCUT2D eigenvalue weighted by molar-refractivity contribution is -0.133. The molecule has 0 radical (unpaired) electrons. The van der Waals surface area contributed by atoms with Crippen molar-refractivity contribution in [3.8, 4) is 0 Å². The Morgan fingerprint density at radius 1 is 1.24 bits per heavy atom. The number of rotatable bonds is 2. The fourth-order valence-electron chi connectivity index (χ4n) is 3.37. The molecule has 1 unspecified atom stereocenters. The summed E-state index contributed by atoms with van der Waals surface area (Å²) < 4.78 is 3.11. The van der Waals surface area contributed by atoms with E-state index in [0.717, 1.165) is 57.6 Å². The highest BCUT2D eigenvalue weighted by molar-refractivity contribution is 5.75. The normalized spacial score (nSPS) is 22.7. The van der Waals surface area contributed by atoms with Gasteiger partial charge in [-0.2, -0.15) is 5.10 Å². The number of amides is 1. The molecule has 0 N–H and O–H groups in total. The average Bonchev–Trinajstić information content (AvgIpc) is 2.66. The number of aromatic nitrogens is 3. The van der Waals surface area contributed by atoms with Crippen molar-refractivity contribution in [1.82, 2.24) is 19.2 Å². The lowest BCUT2D eigenvalue weighted by atomic mass is 10.0. The van der Waals surface area contributed by atoms with Gasteiger partial charge in [-0.3, -0.25) is 9.36 Å². The molecule has 6 heteroatoms. The minimum atomic E-state index is -0.120. The maximum Gasteiger partial charge on any atom is 0.346 e. The molecule has 1 aromatic heterocycles. The Kier molecular flexibility index (Phi) is 4.12. The van der Waals surface area contributed by atoms with Crippen LogP contribution in [0.4, 0.5) is 0 Å². The molecule has 1 aromatic rings. The highest BCUT2D eigenvalue weighted by Gasteiger charge is 2.23. The van der Waals surface area contributed by atoms with Crippen molar-refractivity contribution in [1.29, 1.82) is 0 Å². The molecule has 0 aromatic carbocycles. The minimum Gasteiger partial charge on any atom is -0.341 e. The Balaban J connectivity index is 1.73. The molecule has 3 heterocycles. The molecule has 0 bridgehead atoms. The SMILES string of the molecule is CC1CCCN(C(=O)Cn2nc3n(c2=O)CCCCC3)C1. The maximum absolute atomic E-state index is 12.4. The quantitative estimate of drug-likeness (QED) is 0.818. The van der Waals surface area contributed by atoms with E-state index in [1.807, 2.05) is 4.90 Å². The molecule has 3 rings (SSSR count). The van der Waals surface area contributed by atoms with Gasteiger partial charge in [0.15, 0.2) is 0 Å². The van der Waals surface area contributed by atoms with Crippen LogP contribution in [0.25, 0.3) is 0 Å². The third-order valence-electron chi connectivity index (χ3n) is 4.58. The van der Waals surface area contributed by atoms with Crippen LogP contribution in [0.2, 0.25) is 0 Å². The van der Waals surface area contributed by atoms with Crippen LogP contribution in [-0.2, 0) is 24.3 Å². The van der Waals surface area contributed by atoms with Gasteiger partial charge in [-0.25, -0.2) is 9.48 Å². The monoisotopic (exact) mass is 292 g/mol. The molecule has 21 heavy (non-hydrogen) atoms. The number of piperidine rings is 1. The molecule has 0 aliphatic carbocycles. The zero-order chi connectivity index (χ0) is 14.8. The van der Waals surface area contributed by atoms with E-state index in [-0.39, 0.29) is 18.1 Å². The highest BCUT2D eigenvalue weighted by atomic mass is 16.2. The molecule has 1 fully saturated rings. The summed E-state index contributed by atoms with van der Waals surface area (Å²) in [6, 6.07) is 0. The second-order valence-corrected chi connectivity index (χ2v) is 6.41. The summed E-state index contributed by atoms with van der Waals surface area (Å²) >= 11 is 0. The smallest absolute Gasteiger partial charge is 0.341 e. The number of carbonyl (C=O) groups excluding carboxylic acids is 1. The van der Waals surface area contributed by atoms with Crippen molar-refractivity contribution in [2.75, 3.05) is 13.1 Å². The molecule has 6 nitrogen and oxygen atoms in total. The van der Waals surface area contributed by atoms with Crippen LogP contribution < -0.4 is 5.69 Å². The van der Waals surface area contributed by atoms with E-state index >= 15 is 0 Å². The van der Waals surface area contributed by atoms with Crippen molar-refractivity contribution < 1.29 is 4.79 Å². The van der Waals surface area contributed by atoms with Gasteiger partial charge in [0.25, 0.3) is 0 Å². The maximum atomic E-state index is 12.4. The summed E-state index contributed by atoms with van der Waals surface area (Å²) in [7, 11) is 0. The summed E-state index contributed by atoms with van der Waals surface area (Å²) in [5.74, 6) is 1.42. The lowest BCUT2D eigenvalue weighted by Gasteiger charge is -2.30. The Morgan fingerprint density at radius 3 is 2.90 bits per heavy atom. The molecular formula is C15H24N4O2. The van der Waals surface area contributed by atoms with Gasteiger partial charge >= 0.3 is 5.69 Å². The van der Waals surface area contributed by atoms with E-state index in [2.05, 4.69) is 12.0 Å². The largest absolute Gasteiger partial charge is 0.346 e. The molecule has 2 aliphatic rings. The Morgan fingerprint density at radius 2 is 2.10 bits per heavy atom. The summed E-state index contributed by atoms with van der Waals surface area (Å²) in [6.45, 7) is 4.62. The first-order chi connectivity index (χ1) is 10.1. The summed E-state index contributed by atoms with van der Waals surface area (Å²) in [6.07, 6.45) is 6.33. The number of nitrogens with zero attached hydrogens (tertiary/aromatic N) is 4.